The Balaban J connectivity index is 2.10. The monoisotopic (exact) mass is 331 g/mol. The van der Waals surface area contributed by atoms with E-state index >= 15 is 0 Å². The zero-order chi connectivity index (χ0) is 12.3. The minimum Gasteiger partial charge on any atom is -0.487 e. The molecule has 0 saturated carbocycles. The lowest BCUT2D eigenvalue weighted by Gasteiger charge is -2.08. The molecule has 88 valence electrons. The lowest BCUT2D eigenvalue weighted by Crippen LogP contribution is -1.96. The molecule has 17 heavy (non-hydrogen) atoms. The van der Waals surface area contributed by atoms with Crippen molar-refractivity contribution in [3.63, 3.8) is 0 Å². The molecule has 5 heteroatoms. The van der Waals surface area contributed by atoms with Crippen LogP contribution in [0.25, 0.3) is 0 Å². The molecular formula is C12H8BrCl2NO. The minimum atomic E-state index is 0.395. The highest BCUT2D eigenvalue weighted by Crippen LogP contribution is 2.31. The average Bonchev–Trinajstić information content (AvgIpc) is 2.31. The summed E-state index contributed by atoms with van der Waals surface area (Å²) in [4.78, 5) is 4.05. The van der Waals surface area contributed by atoms with Crippen LogP contribution < -0.4 is 4.74 Å². The van der Waals surface area contributed by atoms with Crippen LogP contribution in [0.5, 0.6) is 5.75 Å². The Kier molecular flexibility index (Phi) is 4.26. The van der Waals surface area contributed by atoms with Crippen molar-refractivity contribution >= 4 is 39.1 Å². The van der Waals surface area contributed by atoms with Crippen molar-refractivity contribution in [1.82, 2.24) is 4.98 Å². The second-order valence-electron chi connectivity index (χ2n) is 3.35. The van der Waals surface area contributed by atoms with Gasteiger partial charge in [0.15, 0.2) is 0 Å². The van der Waals surface area contributed by atoms with E-state index in [4.69, 9.17) is 27.9 Å². The smallest absolute Gasteiger partial charge is 0.139 e. The fourth-order valence-corrected chi connectivity index (χ4v) is 2.05. The third-order valence-corrected chi connectivity index (χ3v) is 3.31. The standard InChI is InChI=1S/C12H8BrCl2NO/c13-9-4-8(5-16-6-9)7-17-11-3-1-2-10(14)12(11)15/h1-6H,7H2. The van der Waals surface area contributed by atoms with Gasteiger partial charge in [0.1, 0.15) is 17.4 Å². The molecule has 2 rings (SSSR count). The molecule has 1 aromatic heterocycles. The number of nitrogens with zero attached hydrogens (tertiary/aromatic N) is 1. The summed E-state index contributed by atoms with van der Waals surface area (Å²) in [6, 6.07) is 7.23. The van der Waals surface area contributed by atoms with E-state index in [-0.39, 0.29) is 0 Å². The lowest BCUT2D eigenvalue weighted by atomic mass is 10.3. The van der Waals surface area contributed by atoms with Crippen LogP contribution in [-0.2, 0) is 6.61 Å². The van der Waals surface area contributed by atoms with Crippen LogP contribution in [0.2, 0.25) is 10.0 Å². The highest BCUT2D eigenvalue weighted by Gasteiger charge is 2.05. The predicted octanol–water partition coefficient (Wildman–Crippen LogP) is 4.73. The summed E-state index contributed by atoms with van der Waals surface area (Å²) in [5, 5.41) is 0.911. The van der Waals surface area contributed by atoms with E-state index in [9.17, 15) is 0 Å². The Morgan fingerprint density at radius 3 is 2.82 bits per heavy atom. The Bertz CT molecular complexity index is 534. The first-order valence-electron chi connectivity index (χ1n) is 4.83. The van der Waals surface area contributed by atoms with Crippen LogP contribution in [0.4, 0.5) is 0 Å². The van der Waals surface area contributed by atoms with Crippen molar-refractivity contribution in [3.8, 4) is 5.75 Å². The fraction of sp³-hybridized carbons (Fsp3) is 0.0833. The predicted molar refractivity (Wildman–Crippen MR) is 72.7 cm³/mol. The van der Waals surface area contributed by atoms with Gasteiger partial charge in [-0.3, -0.25) is 4.98 Å². The van der Waals surface area contributed by atoms with Crippen molar-refractivity contribution < 1.29 is 4.74 Å². The number of benzene rings is 1. The third-order valence-electron chi connectivity index (χ3n) is 2.07. The molecule has 2 nitrogen and oxygen atoms in total. The first kappa shape index (κ1) is 12.7. The fourth-order valence-electron chi connectivity index (χ4n) is 1.29. The van der Waals surface area contributed by atoms with Crippen LogP contribution in [0.1, 0.15) is 5.56 Å². The van der Waals surface area contributed by atoms with Gasteiger partial charge in [0.25, 0.3) is 0 Å². The average molecular weight is 333 g/mol. The van der Waals surface area contributed by atoms with Gasteiger partial charge < -0.3 is 4.74 Å². The summed E-state index contributed by atoms with van der Waals surface area (Å²) in [5.74, 6) is 0.569. The van der Waals surface area contributed by atoms with Crippen LogP contribution in [0.3, 0.4) is 0 Å². The molecule has 2 aromatic rings. The molecule has 0 aliphatic carbocycles. The Morgan fingerprint density at radius 2 is 2.06 bits per heavy atom. The van der Waals surface area contributed by atoms with Gasteiger partial charge in [-0.25, -0.2) is 0 Å². The number of rotatable bonds is 3. The summed E-state index contributed by atoms with van der Waals surface area (Å²) in [5.41, 5.74) is 0.954. The molecule has 0 spiro atoms. The topological polar surface area (TPSA) is 22.1 Å². The van der Waals surface area contributed by atoms with Gasteiger partial charge in [-0.2, -0.15) is 0 Å². The van der Waals surface area contributed by atoms with E-state index < -0.39 is 0 Å². The molecule has 1 heterocycles. The van der Waals surface area contributed by atoms with Crippen LogP contribution >= 0.6 is 39.1 Å². The molecular weight excluding hydrogens is 325 g/mol. The zero-order valence-electron chi connectivity index (χ0n) is 8.66. The van der Waals surface area contributed by atoms with Crippen molar-refractivity contribution in [1.29, 1.82) is 0 Å². The molecule has 0 radical (unpaired) electrons. The Morgan fingerprint density at radius 1 is 1.24 bits per heavy atom. The van der Waals surface area contributed by atoms with Crippen LogP contribution in [0, 0.1) is 0 Å². The van der Waals surface area contributed by atoms with Gasteiger partial charge in [-0.1, -0.05) is 29.3 Å². The van der Waals surface area contributed by atoms with Crippen LogP contribution in [-0.4, -0.2) is 4.98 Å². The van der Waals surface area contributed by atoms with Crippen LogP contribution in [0.15, 0.2) is 41.1 Å². The van der Waals surface area contributed by atoms with Gasteiger partial charge in [-0.15, -0.1) is 0 Å². The van der Waals surface area contributed by atoms with E-state index in [0.717, 1.165) is 10.0 Å². The molecule has 0 fully saturated rings. The van der Waals surface area contributed by atoms with Crippen molar-refractivity contribution in [2.75, 3.05) is 0 Å². The largest absolute Gasteiger partial charge is 0.487 e. The maximum atomic E-state index is 6.01. The number of hydrogen-bond donors (Lipinski definition) is 0. The summed E-state index contributed by atoms with van der Waals surface area (Å²) < 4.78 is 6.49. The molecule has 0 aliphatic heterocycles. The van der Waals surface area contributed by atoms with Gasteiger partial charge in [0.2, 0.25) is 0 Å². The molecule has 0 saturated heterocycles. The third kappa shape index (κ3) is 3.35. The second-order valence-corrected chi connectivity index (χ2v) is 5.05. The highest BCUT2D eigenvalue weighted by atomic mass is 79.9. The lowest BCUT2D eigenvalue weighted by molar-refractivity contribution is 0.306. The number of aromatic nitrogens is 1. The maximum absolute atomic E-state index is 6.01. The maximum Gasteiger partial charge on any atom is 0.139 e. The van der Waals surface area contributed by atoms with E-state index in [1.807, 2.05) is 6.07 Å². The zero-order valence-corrected chi connectivity index (χ0v) is 11.8. The van der Waals surface area contributed by atoms with Crippen molar-refractivity contribution in [3.05, 3.63) is 56.7 Å². The number of ether oxygens (including phenoxy) is 1. The summed E-state index contributed by atoms with van der Waals surface area (Å²) in [7, 11) is 0. The molecule has 0 atom stereocenters. The van der Waals surface area contributed by atoms with Crippen molar-refractivity contribution in [2.45, 2.75) is 6.61 Å². The van der Waals surface area contributed by atoms with E-state index in [1.54, 1.807) is 30.6 Å². The molecule has 1 aromatic carbocycles. The van der Waals surface area contributed by atoms with E-state index in [0.29, 0.717) is 22.4 Å². The Hall–Kier alpha value is -0.770. The molecule has 0 unspecified atom stereocenters. The Labute approximate surface area is 118 Å². The van der Waals surface area contributed by atoms with E-state index in [2.05, 4.69) is 20.9 Å². The number of hydrogen-bond acceptors (Lipinski definition) is 2. The summed E-state index contributed by atoms with van der Waals surface area (Å²) >= 11 is 15.2. The molecule has 0 bridgehead atoms. The quantitative estimate of drug-likeness (QED) is 0.810. The first-order chi connectivity index (χ1) is 8.16. The molecule has 0 aliphatic rings. The van der Waals surface area contributed by atoms with Crippen molar-refractivity contribution in [2.24, 2.45) is 0 Å². The first-order valence-corrected chi connectivity index (χ1v) is 6.38. The van der Waals surface area contributed by atoms with E-state index in [1.165, 1.54) is 0 Å². The van der Waals surface area contributed by atoms with Gasteiger partial charge in [0, 0.05) is 22.4 Å². The summed E-state index contributed by atoms with van der Waals surface area (Å²) in [6.45, 7) is 0.395. The number of pyridine rings is 1. The van der Waals surface area contributed by atoms with Gasteiger partial charge in [0.05, 0.1) is 5.02 Å². The van der Waals surface area contributed by atoms with Gasteiger partial charge in [-0.05, 0) is 34.1 Å². The SMILES string of the molecule is Clc1cccc(OCc2cncc(Br)c2)c1Cl. The molecule has 0 amide bonds. The normalized spacial score (nSPS) is 10.3. The number of halogens is 3. The van der Waals surface area contributed by atoms with Gasteiger partial charge >= 0.3 is 0 Å². The minimum absolute atomic E-state index is 0.395. The summed E-state index contributed by atoms with van der Waals surface area (Å²) in [6.07, 6.45) is 3.46. The second kappa shape index (κ2) is 5.71. The highest BCUT2D eigenvalue weighted by molar-refractivity contribution is 9.10. The molecule has 0 N–H and O–H groups in total.